The van der Waals surface area contributed by atoms with Crippen LogP contribution in [-0.4, -0.2) is 9.97 Å². The number of nitrogens with zero attached hydrogens (tertiary/aromatic N) is 1. The van der Waals surface area contributed by atoms with Gasteiger partial charge < -0.3 is 4.98 Å². The van der Waals surface area contributed by atoms with Crippen molar-refractivity contribution in [2.45, 2.75) is 13.3 Å². The van der Waals surface area contributed by atoms with Crippen molar-refractivity contribution in [1.82, 2.24) is 9.97 Å². The molecule has 0 fully saturated rings. The first-order valence-corrected chi connectivity index (χ1v) is 5.84. The molecule has 1 N–H and O–H groups in total. The topological polar surface area (TPSA) is 45.8 Å². The average molecular weight is 279 g/mol. The Hall–Kier alpha value is -1.42. The molecule has 0 saturated carbocycles. The van der Waals surface area contributed by atoms with Gasteiger partial charge in [-0.1, -0.05) is 35.0 Å². The van der Waals surface area contributed by atoms with Gasteiger partial charge in [0.25, 0.3) is 5.56 Å². The van der Waals surface area contributed by atoms with Crippen LogP contribution in [0.3, 0.4) is 0 Å². The quantitative estimate of drug-likeness (QED) is 0.918. The van der Waals surface area contributed by atoms with Crippen molar-refractivity contribution in [1.29, 1.82) is 0 Å². The first-order valence-electron chi connectivity index (χ1n) is 5.05. The molecule has 0 aliphatic heterocycles. The molecular weight excluding hydrogens is 268 g/mol. The molecule has 0 aliphatic rings. The van der Waals surface area contributed by atoms with Crippen LogP contribution in [0.15, 0.2) is 39.6 Å². The molecule has 3 nitrogen and oxygen atoms in total. The summed E-state index contributed by atoms with van der Waals surface area (Å²) in [5.41, 5.74) is 1.56. The molecule has 4 heteroatoms. The minimum Gasteiger partial charge on any atom is -0.311 e. The number of aromatic nitrogens is 2. The van der Waals surface area contributed by atoms with Gasteiger partial charge in [-0.3, -0.25) is 4.79 Å². The van der Waals surface area contributed by atoms with Crippen LogP contribution in [0, 0.1) is 0 Å². The van der Waals surface area contributed by atoms with Crippen LogP contribution in [0.4, 0.5) is 0 Å². The third kappa shape index (κ3) is 2.39. The second kappa shape index (κ2) is 4.61. The van der Waals surface area contributed by atoms with Crippen LogP contribution in [0.5, 0.6) is 0 Å². The fourth-order valence-electron chi connectivity index (χ4n) is 1.44. The van der Waals surface area contributed by atoms with Gasteiger partial charge in [0.15, 0.2) is 0 Å². The van der Waals surface area contributed by atoms with Crippen molar-refractivity contribution in [3.05, 3.63) is 51.0 Å². The van der Waals surface area contributed by atoms with E-state index in [1.54, 1.807) is 0 Å². The van der Waals surface area contributed by atoms with Gasteiger partial charge in [0.1, 0.15) is 5.82 Å². The molecule has 0 radical (unpaired) electrons. The smallest absolute Gasteiger partial charge is 0.251 e. The first-order chi connectivity index (χ1) is 7.69. The van der Waals surface area contributed by atoms with Crippen LogP contribution in [-0.2, 0) is 6.42 Å². The van der Waals surface area contributed by atoms with E-state index in [-0.39, 0.29) is 5.56 Å². The van der Waals surface area contributed by atoms with Gasteiger partial charge in [-0.15, -0.1) is 0 Å². The number of halogens is 1. The van der Waals surface area contributed by atoms with Gasteiger partial charge in [0.2, 0.25) is 0 Å². The highest BCUT2D eigenvalue weighted by Gasteiger charge is 2.02. The number of hydrogen-bond acceptors (Lipinski definition) is 2. The highest BCUT2D eigenvalue weighted by molar-refractivity contribution is 9.10. The number of rotatable bonds is 2. The van der Waals surface area contributed by atoms with E-state index in [2.05, 4.69) is 25.9 Å². The number of benzene rings is 1. The van der Waals surface area contributed by atoms with E-state index < -0.39 is 0 Å². The molecule has 2 rings (SSSR count). The Labute approximate surface area is 102 Å². The molecule has 82 valence electrons. The lowest BCUT2D eigenvalue weighted by molar-refractivity contribution is 0.924. The third-order valence-electron chi connectivity index (χ3n) is 2.27. The third-order valence-corrected chi connectivity index (χ3v) is 2.79. The zero-order valence-corrected chi connectivity index (χ0v) is 10.4. The summed E-state index contributed by atoms with van der Waals surface area (Å²) in [6, 6.07) is 9.26. The molecule has 1 aromatic heterocycles. The molecule has 0 saturated heterocycles. The average Bonchev–Trinajstić information content (AvgIpc) is 2.29. The molecule has 0 unspecified atom stereocenters. The highest BCUT2D eigenvalue weighted by Crippen LogP contribution is 2.18. The van der Waals surface area contributed by atoms with Crippen LogP contribution >= 0.6 is 15.9 Å². The van der Waals surface area contributed by atoms with E-state index in [1.165, 1.54) is 6.07 Å². The van der Waals surface area contributed by atoms with Gasteiger partial charge in [-0.25, -0.2) is 4.98 Å². The summed E-state index contributed by atoms with van der Waals surface area (Å²) in [5, 5.41) is 0. The van der Waals surface area contributed by atoms with Gasteiger partial charge in [0, 0.05) is 22.5 Å². The predicted molar refractivity (Wildman–Crippen MR) is 67.4 cm³/mol. The van der Waals surface area contributed by atoms with Gasteiger partial charge >= 0.3 is 0 Å². The summed E-state index contributed by atoms with van der Waals surface area (Å²) in [7, 11) is 0. The maximum absolute atomic E-state index is 11.4. The van der Waals surface area contributed by atoms with Crippen molar-refractivity contribution in [3.8, 4) is 11.3 Å². The predicted octanol–water partition coefficient (Wildman–Crippen LogP) is 2.76. The Kier molecular flexibility index (Phi) is 3.19. The molecule has 1 heterocycles. The van der Waals surface area contributed by atoms with Gasteiger partial charge in [-0.05, 0) is 12.1 Å². The second-order valence-corrected chi connectivity index (χ2v) is 4.35. The van der Waals surface area contributed by atoms with E-state index in [4.69, 9.17) is 0 Å². The summed E-state index contributed by atoms with van der Waals surface area (Å²) < 4.78 is 1.01. The van der Waals surface area contributed by atoms with Crippen molar-refractivity contribution >= 4 is 15.9 Å². The Morgan fingerprint density at radius 1 is 1.31 bits per heavy atom. The molecule has 2 aromatic rings. The molecular formula is C12H11BrN2O. The molecule has 0 bridgehead atoms. The summed E-state index contributed by atoms with van der Waals surface area (Å²) in [5.74, 6) is 0.713. The van der Waals surface area contributed by atoms with Crippen LogP contribution in [0.1, 0.15) is 12.7 Å². The summed E-state index contributed by atoms with van der Waals surface area (Å²) in [6.45, 7) is 1.96. The summed E-state index contributed by atoms with van der Waals surface area (Å²) in [6.07, 6.45) is 0.722. The standard InChI is InChI=1S/C12H11BrN2O/c1-2-11-14-10(7-12(16)15-11)8-3-5-9(13)6-4-8/h3-7H,2H2,1H3,(H,14,15,16). The number of hydrogen-bond donors (Lipinski definition) is 1. The minimum atomic E-state index is -0.107. The van der Waals surface area contributed by atoms with Gasteiger partial charge in [0.05, 0.1) is 5.69 Å². The molecule has 0 atom stereocenters. The SMILES string of the molecule is CCc1nc(-c2ccc(Br)cc2)cc(=O)[nH]1. The lowest BCUT2D eigenvalue weighted by Crippen LogP contribution is -2.10. The first kappa shape index (κ1) is 11.1. The largest absolute Gasteiger partial charge is 0.311 e. The lowest BCUT2D eigenvalue weighted by atomic mass is 10.1. The zero-order chi connectivity index (χ0) is 11.5. The van der Waals surface area contributed by atoms with E-state index in [0.29, 0.717) is 11.5 Å². The van der Waals surface area contributed by atoms with Crippen molar-refractivity contribution < 1.29 is 0 Å². The van der Waals surface area contributed by atoms with E-state index >= 15 is 0 Å². The number of nitrogens with one attached hydrogen (secondary N) is 1. The van der Waals surface area contributed by atoms with Gasteiger partial charge in [-0.2, -0.15) is 0 Å². The number of H-pyrrole nitrogens is 1. The van der Waals surface area contributed by atoms with E-state index in [9.17, 15) is 4.79 Å². The Bertz CT molecular complexity index is 546. The van der Waals surface area contributed by atoms with Crippen molar-refractivity contribution in [2.24, 2.45) is 0 Å². The fraction of sp³-hybridized carbons (Fsp3) is 0.167. The second-order valence-electron chi connectivity index (χ2n) is 3.44. The molecule has 0 spiro atoms. The fourth-order valence-corrected chi connectivity index (χ4v) is 1.71. The van der Waals surface area contributed by atoms with Crippen LogP contribution in [0.25, 0.3) is 11.3 Å². The summed E-state index contributed by atoms with van der Waals surface area (Å²) >= 11 is 3.37. The molecule has 0 aliphatic carbocycles. The highest BCUT2D eigenvalue weighted by atomic mass is 79.9. The van der Waals surface area contributed by atoms with E-state index in [0.717, 1.165) is 16.5 Å². The normalized spacial score (nSPS) is 10.4. The van der Waals surface area contributed by atoms with Crippen molar-refractivity contribution in [3.63, 3.8) is 0 Å². The molecule has 16 heavy (non-hydrogen) atoms. The molecule has 1 aromatic carbocycles. The Balaban J connectivity index is 2.51. The van der Waals surface area contributed by atoms with E-state index in [1.807, 2.05) is 31.2 Å². The van der Waals surface area contributed by atoms with Crippen LogP contribution in [0.2, 0.25) is 0 Å². The minimum absolute atomic E-state index is 0.107. The van der Waals surface area contributed by atoms with Crippen molar-refractivity contribution in [2.75, 3.05) is 0 Å². The maximum atomic E-state index is 11.4. The monoisotopic (exact) mass is 278 g/mol. The maximum Gasteiger partial charge on any atom is 0.251 e. The number of aryl methyl sites for hydroxylation is 1. The number of aromatic amines is 1. The molecule has 0 amide bonds. The Morgan fingerprint density at radius 2 is 2.00 bits per heavy atom. The zero-order valence-electron chi connectivity index (χ0n) is 8.83. The summed E-state index contributed by atoms with van der Waals surface area (Å²) in [4.78, 5) is 18.5. The Morgan fingerprint density at radius 3 is 2.62 bits per heavy atom. The lowest BCUT2D eigenvalue weighted by Gasteiger charge is -2.02. The van der Waals surface area contributed by atoms with Crippen LogP contribution < -0.4 is 5.56 Å².